The second kappa shape index (κ2) is 81.3. The smallest absolute Gasteiger partial charge is 0.119 e. The number of unbranched alkanes of at least 4 members (excludes halogenated alkanes) is 76. The highest BCUT2D eigenvalue weighted by Crippen LogP contribution is 2.37. The maximum Gasteiger partial charge on any atom is 0.119 e. The number of hydrogen-bond acceptors (Lipinski definition) is 6. The highest BCUT2D eigenvalue weighted by atomic mass is 16.4. The summed E-state index contributed by atoms with van der Waals surface area (Å²) in [4.78, 5) is 0. The summed E-state index contributed by atoms with van der Waals surface area (Å²) in [7, 11) is 0. The second-order valence-electron chi connectivity index (χ2n) is 33.9. The van der Waals surface area contributed by atoms with Gasteiger partial charge in [0.15, 0.2) is 0 Å². The lowest BCUT2D eigenvalue weighted by atomic mass is 9.73. The molecule has 6 atom stereocenters. The molecule has 0 heterocycles. The van der Waals surface area contributed by atoms with Crippen molar-refractivity contribution in [3.8, 4) is 0 Å². The van der Waals surface area contributed by atoms with Gasteiger partial charge in [0.25, 0.3) is 0 Å². The Kier molecular flexibility index (Phi) is 81.1. The maximum absolute atomic E-state index is 12.7. The van der Waals surface area contributed by atoms with Crippen LogP contribution in [0, 0.1) is 0 Å². The first-order valence-corrected chi connectivity index (χ1v) is 47.3. The lowest BCUT2D eigenvalue weighted by Crippen LogP contribution is -2.65. The molecule has 0 aliphatic rings. The van der Waals surface area contributed by atoms with Crippen LogP contribution in [0.2, 0.25) is 0 Å². The van der Waals surface area contributed by atoms with Crippen LogP contribution in [0.15, 0.2) is 0 Å². The van der Waals surface area contributed by atoms with Crippen molar-refractivity contribution < 1.29 is 30.6 Å². The van der Waals surface area contributed by atoms with Crippen molar-refractivity contribution in [2.24, 2.45) is 0 Å². The number of hydrogen-bond donors (Lipinski definition) is 6. The Balaban J connectivity index is 5.48. The Morgan fingerprint density at radius 1 is 0.150 bits per heavy atom. The van der Waals surface area contributed by atoms with Crippen LogP contribution < -0.4 is 0 Å². The van der Waals surface area contributed by atoms with Crippen LogP contribution in [0.3, 0.4) is 0 Å². The summed E-state index contributed by atoms with van der Waals surface area (Å²) in [5.41, 5.74) is -3.98. The first-order valence-electron chi connectivity index (χ1n) is 47.3. The third-order valence-electron chi connectivity index (χ3n) is 24.0. The van der Waals surface area contributed by atoms with Crippen LogP contribution in [0.25, 0.3) is 0 Å². The monoisotopic (exact) mass is 1420 g/mol. The van der Waals surface area contributed by atoms with Crippen LogP contribution >= 0.6 is 0 Å². The largest absolute Gasteiger partial charge is 0.390 e. The van der Waals surface area contributed by atoms with Gasteiger partial charge >= 0.3 is 0 Å². The minimum absolute atomic E-state index is 0.162. The summed E-state index contributed by atoms with van der Waals surface area (Å²) in [6, 6.07) is 0. The predicted octanol–water partition coefficient (Wildman–Crippen LogP) is 30.7. The molecule has 2 unspecified atom stereocenters. The molecule has 0 aromatic heterocycles. The molecule has 0 bridgehead atoms. The average molecular weight is 1420 g/mol. The second-order valence-corrected chi connectivity index (χ2v) is 33.9. The van der Waals surface area contributed by atoms with Crippen molar-refractivity contribution in [3.63, 3.8) is 0 Å². The first kappa shape index (κ1) is 99.8. The topological polar surface area (TPSA) is 121 Å². The van der Waals surface area contributed by atoms with Gasteiger partial charge in [0.1, 0.15) is 23.4 Å². The summed E-state index contributed by atoms with van der Waals surface area (Å²) >= 11 is 0. The molecule has 0 fully saturated rings. The van der Waals surface area contributed by atoms with Gasteiger partial charge in [0, 0.05) is 0 Å². The Bertz CT molecular complexity index is 1380. The van der Waals surface area contributed by atoms with E-state index in [-0.39, 0.29) is 12.8 Å². The molecule has 100 heavy (non-hydrogen) atoms. The molecule has 0 saturated heterocycles. The van der Waals surface area contributed by atoms with E-state index in [1.807, 2.05) is 0 Å². The zero-order chi connectivity index (χ0) is 72.7. The molecule has 0 aliphatic carbocycles. The van der Waals surface area contributed by atoms with Crippen molar-refractivity contribution in [3.05, 3.63) is 0 Å². The standard InChI is InChI=1S/C94H190O6/c1-5-9-13-17-21-25-29-33-37-41-45-49-53-57-61-65-69-73-77-81-85-89(95)93(99,87-83-79-75-71-67-63-59-55-51-47-43-39-35-31-27-23-19-15-11-7-3)91(97)92(98)94(100,88-84-80-76-72-68-64-60-56-52-48-44-40-36-32-28-24-20-16-12-8-4)90(96)86-82-78-74-70-66-62-58-54-50-46-42-38-34-30-26-22-18-14-10-6-2/h89-92,95-100H,5-88H2,1-4H3/t89?,90?,91-,92-,93+,94+/m0/s1. The molecule has 0 rings (SSSR count). The molecule has 6 nitrogen and oxygen atoms in total. The number of aliphatic hydroxyl groups excluding tert-OH is 4. The number of aliphatic hydroxyl groups is 6. The molecular weight excluding hydrogens is 1230 g/mol. The zero-order valence-electron chi connectivity index (χ0n) is 69.4. The molecule has 6 N–H and O–H groups in total. The quantitative estimate of drug-likeness (QED) is 0.0338. The van der Waals surface area contributed by atoms with Crippen LogP contribution in [-0.4, -0.2) is 66.3 Å². The minimum atomic E-state index is -1.99. The van der Waals surface area contributed by atoms with E-state index in [1.54, 1.807) is 0 Å². The van der Waals surface area contributed by atoms with Gasteiger partial charge in [-0.3, -0.25) is 0 Å². The Labute approximate surface area is 629 Å². The third kappa shape index (κ3) is 66.0. The Morgan fingerprint density at radius 2 is 0.250 bits per heavy atom. The van der Waals surface area contributed by atoms with Crippen LogP contribution in [-0.2, 0) is 0 Å². The number of rotatable bonds is 89. The molecule has 602 valence electrons. The van der Waals surface area contributed by atoms with E-state index in [1.165, 1.54) is 424 Å². The third-order valence-corrected chi connectivity index (χ3v) is 24.0. The molecular formula is C94H190O6. The molecule has 0 radical (unpaired) electrons. The van der Waals surface area contributed by atoms with Crippen molar-refractivity contribution in [2.45, 2.75) is 603 Å². The highest BCUT2D eigenvalue weighted by molar-refractivity contribution is 5.05. The molecule has 6 heteroatoms. The van der Waals surface area contributed by atoms with E-state index < -0.39 is 35.6 Å². The lowest BCUT2D eigenvalue weighted by molar-refractivity contribution is -0.238. The molecule has 0 spiro atoms. The van der Waals surface area contributed by atoms with Crippen molar-refractivity contribution in [1.29, 1.82) is 0 Å². The highest BCUT2D eigenvalue weighted by Gasteiger charge is 2.53. The van der Waals surface area contributed by atoms with Crippen LogP contribution in [0.4, 0.5) is 0 Å². The summed E-state index contributed by atoms with van der Waals surface area (Å²) in [6.07, 6.45) is 98.3. The fourth-order valence-electron chi connectivity index (χ4n) is 16.6. The van der Waals surface area contributed by atoms with Crippen LogP contribution in [0.1, 0.15) is 567 Å². The fraction of sp³-hybridized carbons (Fsp3) is 1.00. The van der Waals surface area contributed by atoms with E-state index in [9.17, 15) is 30.6 Å². The maximum atomic E-state index is 12.7. The molecule has 0 amide bonds. The first-order chi connectivity index (χ1) is 49.1. The predicted molar refractivity (Wildman–Crippen MR) is 444 cm³/mol. The van der Waals surface area contributed by atoms with Crippen molar-refractivity contribution in [1.82, 2.24) is 0 Å². The Morgan fingerprint density at radius 3 is 0.370 bits per heavy atom. The van der Waals surface area contributed by atoms with Gasteiger partial charge in [-0.1, -0.05) is 541 Å². The molecule has 0 aliphatic heterocycles. The van der Waals surface area contributed by atoms with E-state index >= 15 is 0 Å². The van der Waals surface area contributed by atoms with Crippen LogP contribution in [0.5, 0.6) is 0 Å². The summed E-state index contributed by atoms with van der Waals surface area (Å²) in [6.45, 7) is 9.19. The Hall–Kier alpha value is -0.240. The van der Waals surface area contributed by atoms with E-state index in [2.05, 4.69) is 27.7 Å². The minimum Gasteiger partial charge on any atom is -0.390 e. The molecule has 0 saturated carbocycles. The van der Waals surface area contributed by atoms with Gasteiger partial charge in [0.05, 0.1) is 12.2 Å². The van der Waals surface area contributed by atoms with Gasteiger partial charge in [-0.15, -0.1) is 0 Å². The van der Waals surface area contributed by atoms with E-state index in [0.717, 1.165) is 77.0 Å². The zero-order valence-corrected chi connectivity index (χ0v) is 69.4. The normalized spacial score (nSPS) is 14.5. The van der Waals surface area contributed by atoms with Gasteiger partial charge in [-0.05, 0) is 25.7 Å². The lowest BCUT2D eigenvalue weighted by Gasteiger charge is -2.46. The summed E-state index contributed by atoms with van der Waals surface area (Å²) in [5, 5.41) is 74.3. The summed E-state index contributed by atoms with van der Waals surface area (Å²) in [5.74, 6) is 0. The van der Waals surface area contributed by atoms with Gasteiger partial charge < -0.3 is 30.6 Å². The van der Waals surface area contributed by atoms with Gasteiger partial charge in [-0.25, -0.2) is 0 Å². The van der Waals surface area contributed by atoms with Gasteiger partial charge in [0.2, 0.25) is 0 Å². The van der Waals surface area contributed by atoms with E-state index in [4.69, 9.17) is 0 Å². The summed E-state index contributed by atoms with van der Waals surface area (Å²) < 4.78 is 0. The van der Waals surface area contributed by atoms with Crippen molar-refractivity contribution >= 4 is 0 Å². The molecule has 0 aromatic rings. The van der Waals surface area contributed by atoms with Gasteiger partial charge in [-0.2, -0.15) is 0 Å². The van der Waals surface area contributed by atoms with Crippen molar-refractivity contribution in [2.75, 3.05) is 0 Å². The fourth-order valence-corrected chi connectivity index (χ4v) is 16.6. The van der Waals surface area contributed by atoms with E-state index in [0.29, 0.717) is 25.7 Å². The molecule has 0 aromatic carbocycles. The average Bonchev–Trinajstić information content (AvgIpc) is 0.780. The SMILES string of the molecule is CCCCCCCCCCCCCCCCCCCCCCC(O)[C@](O)(CCCCCCCCCCCCCCCCCCCCCC)[C@@H](O)[C@H](O)[C@@](O)(CCCCCCCCCCCCCCCCCCCCCC)C(O)CCCCCCCCCCCCCCCCCCCCCC.